The van der Waals surface area contributed by atoms with Gasteiger partial charge in [-0.15, -0.1) is 0 Å². The fourth-order valence-electron chi connectivity index (χ4n) is 1.32. The van der Waals surface area contributed by atoms with E-state index in [2.05, 4.69) is 5.16 Å². The Balaban J connectivity index is 2.51. The minimum Gasteiger partial charge on any atom is -0.358 e. The van der Waals surface area contributed by atoms with Crippen LogP contribution in [0.4, 0.5) is 0 Å². The predicted octanol–water partition coefficient (Wildman–Crippen LogP) is -0.960. The summed E-state index contributed by atoms with van der Waals surface area (Å²) in [6, 6.07) is 1.61. The lowest BCUT2D eigenvalue weighted by Crippen LogP contribution is -2.43. The van der Waals surface area contributed by atoms with E-state index >= 15 is 0 Å². The molecule has 0 radical (unpaired) electrons. The SMILES string of the molecule is C[N+](C)=CN1CCOC(O/N=C(\C#N)C=O)C1. The number of morpholine rings is 1. The molecule has 0 spiro atoms. The molecule has 0 aliphatic carbocycles. The van der Waals surface area contributed by atoms with Gasteiger partial charge in [0.25, 0.3) is 6.29 Å². The molecule has 0 saturated carbocycles. The van der Waals surface area contributed by atoms with E-state index in [9.17, 15) is 4.79 Å². The van der Waals surface area contributed by atoms with Crippen LogP contribution in [0.1, 0.15) is 0 Å². The van der Waals surface area contributed by atoms with E-state index < -0.39 is 6.29 Å². The second-order valence-corrected chi connectivity index (χ2v) is 3.69. The Morgan fingerprint density at radius 3 is 3.06 bits per heavy atom. The third-order valence-corrected chi connectivity index (χ3v) is 1.95. The van der Waals surface area contributed by atoms with Crippen molar-refractivity contribution in [2.45, 2.75) is 6.29 Å². The second-order valence-electron chi connectivity index (χ2n) is 3.69. The Morgan fingerprint density at radius 1 is 1.71 bits per heavy atom. The summed E-state index contributed by atoms with van der Waals surface area (Å²) in [4.78, 5) is 17.3. The summed E-state index contributed by atoms with van der Waals surface area (Å²) >= 11 is 0. The molecule has 1 rings (SSSR count). The van der Waals surface area contributed by atoms with Crippen molar-refractivity contribution in [3.63, 3.8) is 0 Å². The van der Waals surface area contributed by atoms with Crippen molar-refractivity contribution in [3.05, 3.63) is 0 Å². The topological polar surface area (TPSA) is 77.9 Å². The average Bonchev–Trinajstić information content (AvgIpc) is 2.30. The highest BCUT2D eigenvalue weighted by molar-refractivity contribution is 6.35. The number of rotatable bonds is 4. The van der Waals surface area contributed by atoms with Crippen LogP contribution in [0.5, 0.6) is 0 Å². The van der Waals surface area contributed by atoms with Gasteiger partial charge in [-0.2, -0.15) is 5.26 Å². The fraction of sp³-hybridized carbons (Fsp3) is 0.600. The number of ether oxygens (including phenoxy) is 1. The van der Waals surface area contributed by atoms with Crippen LogP contribution in [0, 0.1) is 11.3 Å². The lowest BCUT2D eigenvalue weighted by molar-refractivity contribution is -0.465. The maximum atomic E-state index is 10.3. The van der Waals surface area contributed by atoms with Gasteiger partial charge in [-0.05, 0) is 0 Å². The summed E-state index contributed by atoms with van der Waals surface area (Å²) in [6.45, 7) is 1.77. The number of carbonyl (C=O) groups excluding carboxylic acids is 1. The number of hydrogen-bond donors (Lipinski definition) is 0. The highest BCUT2D eigenvalue weighted by Gasteiger charge is 2.24. The first-order valence-corrected chi connectivity index (χ1v) is 5.12. The normalized spacial score (nSPS) is 20.4. The third-order valence-electron chi connectivity index (χ3n) is 1.95. The maximum Gasteiger partial charge on any atom is 0.264 e. The molecular formula is C10H15N4O3+. The van der Waals surface area contributed by atoms with Gasteiger partial charge < -0.3 is 9.57 Å². The van der Waals surface area contributed by atoms with E-state index in [1.165, 1.54) is 0 Å². The van der Waals surface area contributed by atoms with E-state index in [-0.39, 0.29) is 5.71 Å². The highest BCUT2D eigenvalue weighted by Crippen LogP contribution is 2.05. The second kappa shape index (κ2) is 6.60. The van der Waals surface area contributed by atoms with Crippen molar-refractivity contribution >= 4 is 18.3 Å². The number of aldehydes is 1. The molecule has 1 atom stereocenters. The molecule has 7 nitrogen and oxygen atoms in total. The van der Waals surface area contributed by atoms with Gasteiger partial charge in [-0.1, -0.05) is 5.16 Å². The number of carbonyl (C=O) groups is 1. The Kier molecular flexibility index (Phi) is 5.10. The molecule has 7 heteroatoms. The molecule has 0 aromatic carbocycles. The maximum absolute atomic E-state index is 10.3. The summed E-state index contributed by atoms with van der Waals surface area (Å²) in [7, 11) is 3.84. The van der Waals surface area contributed by atoms with Gasteiger partial charge in [0.05, 0.1) is 20.7 Å². The van der Waals surface area contributed by atoms with E-state index in [1.54, 1.807) is 6.07 Å². The molecule has 0 aromatic rings. The standard InChI is InChI=1S/C10H15N4O3/c1-13(2)8-14-3-4-16-10(6-14)17-12-9(5-11)7-15/h7-8,10H,3-4,6H2,1-2H3/q+1/b12-9+. The molecule has 1 aliphatic heterocycles. The number of hydrogen-bond acceptors (Lipinski definition) is 5. The third kappa shape index (κ3) is 4.61. The molecule has 1 fully saturated rings. The first-order chi connectivity index (χ1) is 8.15. The zero-order chi connectivity index (χ0) is 12.7. The Hall–Kier alpha value is -1.94. The zero-order valence-corrected chi connectivity index (χ0v) is 9.87. The molecular weight excluding hydrogens is 224 g/mol. The zero-order valence-electron chi connectivity index (χ0n) is 9.87. The minimum absolute atomic E-state index is 0.303. The minimum atomic E-state index is -0.566. The summed E-state index contributed by atoms with van der Waals surface area (Å²) in [5.74, 6) is 0. The van der Waals surface area contributed by atoms with Crippen LogP contribution < -0.4 is 0 Å². The Labute approximate surface area is 99.5 Å². The Morgan fingerprint density at radius 2 is 2.47 bits per heavy atom. The smallest absolute Gasteiger partial charge is 0.264 e. The molecule has 1 unspecified atom stereocenters. The molecule has 0 bridgehead atoms. The average molecular weight is 239 g/mol. The van der Waals surface area contributed by atoms with Crippen LogP contribution in [0.2, 0.25) is 0 Å². The van der Waals surface area contributed by atoms with Gasteiger partial charge in [0.2, 0.25) is 12.1 Å². The molecule has 92 valence electrons. The largest absolute Gasteiger partial charge is 0.358 e. The van der Waals surface area contributed by atoms with E-state index in [0.717, 1.165) is 6.54 Å². The van der Waals surface area contributed by atoms with Crippen LogP contribution >= 0.6 is 0 Å². The van der Waals surface area contributed by atoms with Crippen LogP contribution in [0.25, 0.3) is 0 Å². The van der Waals surface area contributed by atoms with Crippen LogP contribution in [0.15, 0.2) is 5.16 Å². The van der Waals surface area contributed by atoms with Crippen molar-refractivity contribution in [3.8, 4) is 6.07 Å². The molecule has 0 N–H and O–H groups in total. The monoisotopic (exact) mass is 239 g/mol. The highest BCUT2D eigenvalue weighted by atomic mass is 16.8. The summed E-state index contributed by atoms with van der Waals surface area (Å²) < 4.78 is 7.21. The molecule has 1 saturated heterocycles. The lowest BCUT2D eigenvalue weighted by Gasteiger charge is -2.25. The summed E-state index contributed by atoms with van der Waals surface area (Å²) in [6.07, 6.45) is 1.70. The van der Waals surface area contributed by atoms with Crippen LogP contribution in [0.3, 0.4) is 0 Å². The van der Waals surface area contributed by atoms with Crippen molar-refractivity contribution in [1.29, 1.82) is 5.26 Å². The first kappa shape index (κ1) is 13.1. The van der Waals surface area contributed by atoms with Crippen LogP contribution in [-0.2, 0) is 14.4 Å². The van der Waals surface area contributed by atoms with Gasteiger partial charge in [0.15, 0.2) is 6.29 Å². The van der Waals surface area contributed by atoms with E-state index in [1.807, 2.05) is 29.9 Å². The van der Waals surface area contributed by atoms with E-state index in [0.29, 0.717) is 19.4 Å². The van der Waals surface area contributed by atoms with Gasteiger partial charge >= 0.3 is 0 Å². The number of nitriles is 1. The molecule has 1 heterocycles. The molecule has 1 aliphatic rings. The molecule has 17 heavy (non-hydrogen) atoms. The Bertz CT molecular complexity index is 368. The predicted molar refractivity (Wildman–Crippen MR) is 59.7 cm³/mol. The molecule has 0 aromatic heterocycles. The number of oxime groups is 1. The summed E-state index contributed by atoms with van der Waals surface area (Å²) in [5, 5.41) is 11.9. The van der Waals surface area contributed by atoms with Crippen molar-refractivity contribution in [2.75, 3.05) is 33.8 Å². The summed E-state index contributed by atoms with van der Waals surface area (Å²) in [5.41, 5.74) is -0.303. The van der Waals surface area contributed by atoms with Gasteiger partial charge in [-0.25, -0.2) is 0 Å². The van der Waals surface area contributed by atoms with E-state index in [4.69, 9.17) is 14.8 Å². The molecule has 0 amide bonds. The van der Waals surface area contributed by atoms with Crippen LogP contribution in [-0.4, -0.2) is 67.9 Å². The van der Waals surface area contributed by atoms with Gasteiger partial charge in [-0.3, -0.25) is 14.3 Å². The number of nitrogens with zero attached hydrogens (tertiary/aromatic N) is 4. The quantitative estimate of drug-likeness (QED) is 0.207. The van der Waals surface area contributed by atoms with Gasteiger partial charge in [0, 0.05) is 0 Å². The van der Waals surface area contributed by atoms with Gasteiger partial charge in [0.1, 0.15) is 19.2 Å². The fourth-order valence-corrected chi connectivity index (χ4v) is 1.32. The first-order valence-electron chi connectivity index (χ1n) is 5.12. The lowest BCUT2D eigenvalue weighted by atomic mass is 10.4. The van der Waals surface area contributed by atoms with Crippen molar-refractivity contribution < 1.29 is 18.9 Å². The van der Waals surface area contributed by atoms with Crippen molar-refractivity contribution in [1.82, 2.24) is 4.90 Å². The van der Waals surface area contributed by atoms with Crippen molar-refractivity contribution in [2.24, 2.45) is 5.16 Å².